The lowest BCUT2D eigenvalue weighted by molar-refractivity contribution is -0.00967. The zero-order valence-electron chi connectivity index (χ0n) is 13.5. The lowest BCUT2D eigenvalue weighted by Gasteiger charge is -2.41. The van der Waals surface area contributed by atoms with Crippen molar-refractivity contribution in [2.24, 2.45) is 0 Å². The topological polar surface area (TPSA) is 33.7 Å². The van der Waals surface area contributed by atoms with Crippen molar-refractivity contribution in [2.75, 3.05) is 39.5 Å². The van der Waals surface area contributed by atoms with E-state index in [1.807, 2.05) is 13.0 Å². The Morgan fingerprint density at radius 3 is 2.76 bits per heavy atom. The molecule has 0 aliphatic carbocycles. The summed E-state index contributed by atoms with van der Waals surface area (Å²) in [5.74, 6) is 0.948. The van der Waals surface area contributed by atoms with Crippen molar-refractivity contribution in [3.8, 4) is 5.75 Å². The number of morpholine rings is 1. The van der Waals surface area contributed by atoms with Gasteiger partial charge < -0.3 is 14.8 Å². The summed E-state index contributed by atoms with van der Waals surface area (Å²) in [6.07, 6.45) is 0. The minimum absolute atomic E-state index is 0.154. The molecule has 4 nitrogen and oxygen atoms in total. The molecular weight excluding hydrogens is 264 g/mol. The van der Waals surface area contributed by atoms with E-state index in [1.54, 1.807) is 0 Å². The van der Waals surface area contributed by atoms with Crippen LogP contribution in [-0.2, 0) is 11.3 Å². The Balaban J connectivity index is 1.81. The van der Waals surface area contributed by atoms with Gasteiger partial charge in [-0.05, 0) is 38.5 Å². The molecule has 0 amide bonds. The van der Waals surface area contributed by atoms with Crippen LogP contribution in [0.15, 0.2) is 24.3 Å². The zero-order chi connectivity index (χ0) is 15.1. The van der Waals surface area contributed by atoms with E-state index in [1.165, 1.54) is 5.56 Å². The second-order valence-electron chi connectivity index (χ2n) is 6.10. The predicted octanol–water partition coefficient (Wildman–Crippen LogP) is 2.29. The first-order valence-corrected chi connectivity index (χ1v) is 7.87. The molecular formula is C17H28N2O2. The highest BCUT2D eigenvalue weighted by Crippen LogP contribution is 2.16. The van der Waals surface area contributed by atoms with E-state index in [9.17, 15) is 0 Å². The number of rotatable bonds is 7. The number of hydrogen-bond acceptors (Lipinski definition) is 4. The Bertz CT molecular complexity index is 429. The highest BCUT2D eigenvalue weighted by atomic mass is 16.5. The van der Waals surface area contributed by atoms with Gasteiger partial charge in [-0.3, -0.25) is 4.90 Å². The molecule has 2 rings (SSSR count). The summed E-state index contributed by atoms with van der Waals surface area (Å²) >= 11 is 0. The quantitative estimate of drug-likeness (QED) is 0.836. The maximum absolute atomic E-state index is 5.54. The fraction of sp³-hybridized carbons (Fsp3) is 0.647. The molecule has 1 fully saturated rings. The normalized spacial score (nSPS) is 16.9. The van der Waals surface area contributed by atoms with Crippen molar-refractivity contribution in [3.63, 3.8) is 0 Å². The van der Waals surface area contributed by atoms with E-state index < -0.39 is 0 Å². The lowest BCUT2D eigenvalue weighted by Crippen LogP contribution is -2.54. The van der Waals surface area contributed by atoms with Gasteiger partial charge in [-0.2, -0.15) is 0 Å². The Labute approximate surface area is 128 Å². The van der Waals surface area contributed by atoms with Gasteiger partial charge in [0, 0.05) is 31.7 Å². The van der Waals surface area contributed by atoms with Gasteiger partial charge in [-0.15, -0.1) is 0 Å². The van der Waals surface area contributed by atoms with Crippen molar-refractivity contribution >= 4 is 0 Å². The molecule has 1 N–H and O–H groups in total. The van der Waals surface area contributed by atoms with Crippen LogP contribution in [0.3, 0.4) is 0 Å². The average molecular weight is 292 g/mol. The van der Waals surface area contributed by atoms with E-state index in [-0.39, 0.29) is 5.54 Å². The molecule has 1 aromatic carbocycles. The highest BCUT2D eigenvalue weighted by molar-refractivity contribution is 5.28. The number of ether oxygens (including phenoxy) is 2. The molecule has 0 unspecified atom stereocenters. The Morgan fingerprint density at radius 2 is 2.05 bits per heavy atom. The molecule has 4 heteroatoms. The number of nitrogens with zero attached hydrogens (tertiary/aromatic N) is 1. The molecule has 1 aliphatic heterocycles. The molecule has 21 heavy (non-hydrogen) atoms. The molecule has 1 aromatic rings. The first kappa shape index (κ1) is 16.3. The van der Waals surface area contributed by atoms with Gasteiger partial charge in [-0.1, -0.05) is 12.1 Å². The van der Waals surface area contributed by atoms with Crippen LogP contribution in [0.1, 0.15) is 26.3 Å². The van der Waals surface area contributed by atoms with E-state index in [0.29, 0.717) is 6.61 Å². The van der Waals surface area contributed by atoms with E-state index in [2.05, 4.69) is 42.3 Å². The van der Waals surface area contributed by atoms with Gasteiger partial charge >= 0.3 is 0 Å². The minimum atomic E-state index is 0.154. The van der Waals surface area contributed by atoms with Crippen molar-refractivity contribution < 1.29 is 9.47 Å². The molecule has 0 bridgehead atoms. The van der Waals surface area contributed by atoms with Crippen LogP contribution in [-0.4, -0.2) is 49.9 Å². The third-order valence-corrected chi connectivity index (χ3v) is 3.96. The summed E-state index contributed by atoms with van der Waals surface area (Å²) in [7, 11) is 0. The van der Waals surface area contributed by atoms with Crippen molar-refractivity contribution in [3.05, 3.63) is 29.8 Å². The molecule has 1 heterocycles. The SMILES string of the molecule is CCOc1cccc(CNCC(C)(C)N2CCOCC2)c1. The molecule has 0 saturated carbocycles. The van der Waals surface area contributed by atoms with Crippen LogP contribution in [0.4, 0.5) is 0 Å². The fourth-order valence-electron chi connectivity index (χ4n) is 2.71. The van der Waals surface area contributed by atoms with Crippen molar-refractivity contribution in [2.45, 2.75) is 32.9 Å². The Hall–Kier alpha value is -1.10. The predicted molar refractivity (Wildman–Crippen MR) is 85.8 cm³/mol. The van der Waals surface area contributed by atoms with Gasteiger partial charge in [0.05, 0.1) is 19.8 Å². The number of nitrogens with one attached hydrogen (secondary N) is 1. The minimum Gasteiger partial charge on any atom is -0.494 e. The standard InChI is InChI=1S/C17H28N2O2/c1-4-21-16-7-5-6-15(12-16)13-18-14-17(2,3)19-8-10-20-11-9-19/h5-7,12,18H,4,8-11,13-14H2,1-3H3. The first-order valence-electron chi connectivity index (χ1n) is 7.87. The Kier molecular flexibility index (Phi) is 6.03. The van der Waals surface area contributed by atoms with E-state index in [4.69, 9.17) is 9.47 Å². The Morgan fingerprint density at radius 1 is 1.29 bits per heavy atom. The van der Waals surface area contributed by atoms with Crippen LogP contribution >= 0.6 is 0 Å². The molecule has 118 valence electrons. The summed E-state index contributed by atoms with van der Waals surface area (Å²) < 4.78 is 11.0. The maximum atomic E-state index is 5.54. The lowest BCUT2D eigenvalue weighted by atomic mass is 10.0. The third-order valence-electron chi connectivity index (χ3n) is 3.96. The highest BCUT2D eigenvalue weighted by Gasteiger charge is 2.27. The third kappa shape index (κ3) is 4.99. The van der Waals surface area contributed by atoms with Crippen LogP contribution < -0.4 is 10.1 Å². The van der Waals surface area contributed by atoms with Crippen LogP contribution in [0.2, 0.25) is 0 Å². The van der Waals surface area contributed by atoms with Crippen molar-refractivity contribution in [1.29, 1.82) is 0 Å². The monoisotopic (exact) mass is 292 g/mol. The molecule has 0 radical (unpaired) electrons. The van der Waals surface area contributed by atoms with Gasteiger partial charge in [0.15, 0.2) is 0 Å². The maximum Gasteiger partial charge on any atom is 0.119 e. The van der Waals surface area contributed by atoms with E-state index >= 15 is 0 Å². The molecule has 1 saturated heterocycles. The average Bonchev–Trinajstić information content (AvgIpc) is 2.49. The van der Waals surface area contributed by atoms with Gasteiger partial charge in [0.25, 0.3) is 0 Å². The van der Waals surface area contributed by atoms with E-state index in [0.717, 1.165) is 45.1 Å². The number of hydrogen-bond donors (Lipinski definition) is 1. The summed E-state index contributed by atoms with van der Waals surface area (Å²) in [5, 5.41) is 3.57. The van der Waals surface area contributed by atoms with Crippen LogP contribution in [0.25, 0.3) is 0 Å². The van der Waals surface area contributed by atoms with Crippen LogP contribution in [0, 0.1) is 0 Å². The molecule has 0 spiro atoms. The largest absolute Gasteiger partial charge is 0.494 e. The summed E-state index contributed by atoms with van der Waals surface area (Å²) in [5.41, 5.74) is 1.42. The smallest absolute Gasteiger partial charge is 0.119 e. The fourth-order valence-corrected chi connectivity index (χ4v) is 2.71. The zero-order valence-corrected chi connectivity index (χ0v) is 13.5. The molecule has 0 aromatic heterocycles. The van der Waals surface area contributed by atoms with Gasteiger partial charge in [0.1, 0.15) is 5.75 Å². The van der Waals surface area contributed by atoms with Crippen molar-refractivity contribution in [1.82, 2.24) is 10.2 Å². The second-order valence-corrected chi connectivity index (χ2v) is 6.10. The van der Waals surface area contributed by atoms with Gasteiger partial charge in [0.2, 0.25) is 0 Å². The van der Waals surface area contributed by atoms with Gasteiger partial charge in [-0.25, -0.2) is 0 Å². The molecule has 1 aliphatic rings. The van der Waals surface area contributed by atoms with Crippen LogP contribution in [0.5, 0.6) is 5.75 Å². The molecule has 0 atom stereocenters. The second kappa shape index (κ2) is 7.78. The summed E-state index contributed by atoms with van der Waals surface area (Å²) in [4.78, 5) is 2.50. The number of benzene rings is 1. The summed E-state index contributed by atoms with van der Waals surface area (Å²) in [6, 6.07) is 8.30. The summed E-state index contributed by atoms with van der Waals surface area (Å²) in [6.45, 7) is 12.9. The first-order chi connectivity index (χ1) is 10.1.